The second-order valence-electron chi connectivity index (χ2n) is 11.7. The zero-order valence-electron chi connectivity index (χ0n) is 25.6. The average molecular weight is 631 g/mol. The zero-order chi connectivity index (χ0) is 32.5. The Morgan fingerprint density at radius 1 is 0.894 bits per heavy atom. The maximum atomic E-state index is 14.7. The lowest BCUT2D eigenvalue weighted by Gasteiger charge is -2.35. The smallest absolute Gasteiger partial charge is 0.305 e. The minimum Gasteiger partial charge on any atom is -0.494 e. The second-order valence-corrected chi connectivity index (χ2v) is 11.7. The number of benzene rings is 1. The van der Waals surface area contributed by atoms with Gasteiger partial charge in [-0.25, -0.2) is 24.3 Å². The lowest BCUT2D eigenvalue weighted by Crippen LogP contribution is -2.43. The van der Waals surface area contributed by atoms with Gasteiger partial charge in [-0.1, -0.05) is 6.07 Å². The van der Waals surface area contributed by atoms with Crippen molar-refractivity contribution in [1.29, 1.82) is 0 Å². The molecule has 236 valence electrons. The van der Waals surface area contributed by atoms with E-state index in [1.165, 1.54) is 24.1 Å². The molecule has 1 aliphatic heterocycles. The summed E-state index contributed by atoms with van der Waals surface area (Å²) in [4.78, 5) is 46.0. The highest BCUT2D eigenvalue weighted by molar-refractivity contribution is 5.94. The van der Waals surface area contributed by atoms with Crippen LogP contribution < -0.4 is 4.74 Å². The first-order chi connectivity index (χ1) is 22.9. The van der Waals surface area contributed by atoms with E-state index in [1.807, 2.05) is 65.4 Å². The topological polar surface area (TPSA) is 123 Å². The summed E-state index contributed by atoms with van der Waals surface area (Å²) in [5.41, 5.74) is 4.83. The molecular weight excluding hydrogens is 599 g/mol. The number of carbonyl (C=O) groups is 2. The van der Waals surface area contributed by atoms with Gasteiger partial charge in [-0.05, 0) is 96.6 Å². The molecular formula is C36H31FN6O4. The highest BCUT2D eigenvalue weighted by atomic mass is 19.1. The SMILES string of the molecule is COc1ccc([C@H](CC(=O)O)N2CCn3cc(C(Cc4ccc5cccnc5n4)Cc4ccc5cccnc5n4)cc3C2=O)cc1F. The minimum atomic E-state index is -1.09. The van der Waals surface area contributed by atoms with Crippen LogP contribution in [0, 0.1) is 5.82 Å². The summed E-state index contributed by atoms with van der Waals surface area (Å²) in [5, 5.41) is 11.6. The van der Waals surface area contributed by atoms with Crippen molar-refractivity contribution >= 4 is 33.9 Å². The van der Waals surface area contributed by atoms with Gasteiger partial charge in [0, 0.05) is 53.8 Å². The van der Waals surface area contributed by atoms with E-state index in [0.29, 0.717) is 41.9 Å². The van der Waals surface area contributed by atoms with Crippen LogP contribution in [0.3, 0.4) is 0 Å². The van der Waals surface area contributed by atoms with Gasteiger partial charge < -0.3 is 19.3 Å². The van der Waals surface area contributed by atoms with E-state index < -0.39 is 17.8 Å². The van der Waals surface area contributed by atoms with E-state index in [1.54, 1.807) is 18.5 Å². The van der Waals surface area contributed by atoms with Crippen LogP contribution >= 0.6 is 0 Å². The largest absolute Gasteiger partial charge is 0.494 e. The Morgan fingerprint density at radius 3 is 2.15 bits per heavy atom. The number of fused-ring (bicyclic) bond motifs is 3. The number of rotatable bonds is 10. The molecule has 0 aliphatic carbocycles. The standard InChI is InChI=1S/C36H31FN6O4/c1-47-32-11-8-24(18-29(32)37)30(20-33(44)45)43-15-14-42-21-26(19-31(42)36(43)46)25(16-27-9-6-22-4-2-12-38-34(22)40-27)17-28-10-7-23-5-3-13-39-35(23)41-28/h2-13,18-19,21,25,30H,14-17,20H2,1H3,(H,44,45)/t30-/m0/s1. The Hall–Kier alpha value is -5.71. The van der Waals surface area contributed by atoms with Gasteiger partial charge in [-0.3, -0.25) is 9.59 Å². The molecule has 0 saturated heterocycles. The molecule has 6 heterocycles. The number of nitrogens with zero attached hydrogens (tertiary/aromatic N) is 6. The summed E-state index contributed by atoms with van der Waals surface area (Å²) in [6, 6.07) is 21.0. The van der Waals surface area contributed by atoms with Crippen molar-refractivity contribution in [1.82, 2.24) is 29.4 Å². The molecule has 7 rings (SSSR count). The molecule has 10 nitrogen and oxygen atoms in total. The van der Waals surface area contributed by atoms with E-state index >= 15 is 0 Å². The van der Waals surface area contributed by atoms with E-state index in [4.69, 9.17) is 14.7 Å². The number of aromatic nitrogens is 5. The molecule has 0 unspecified atom stereocenters. The monoisotopic (exact) mass is 630 g/mol. The maximum Gasteiger partial charge on any atom is 0.305 e. The Balaban J connectivity index is 1.23. The number of hydrogen-bond donors (Lipinski definition) is 1. The number of carboxylic acid groups (broad SMARTS) is 1. The first-order valence-electron chi connectivity index (χ1n) is 15.3. The predicted molar refractivity (Wildman–Crippen MR) is 173 cm³/mol. The third kappa shape index (κ3) is 6.11. The van der Waals surface area contributed by atoms with E-state index in [-0.39, 0.29) is 30.5 Å². The number of pyridine rings is 4. The summed E-state index contributed by atoms with van der Waals surface area (Å²) in [6.45, 7) is 0.727. The number of amides is 1. The van der Waals surface area contributed by atoms with Crippen LogP contribution in [-0.4, -0.2) is 60.0 Å². The number of carboxylic acids is 1. The lowest BCUT2D eigenvalue weighted by molar-refractivity contribution is -0.138. The van der Waals surface area contributed by atoms with E-state index in [2.05, 4.69) is 9.97 Å². The van der Waals surface area contributed by atoms with Gasteiger partial charge in [0.2, 0.25) is 0 Å². The van der Waals surface area contributed by atoms with Gasteiger partial charge >= 0.3 is 5.97 Å². The third-order valence-electron chi connectivity index (χ3n) is 8.71. The molecule has 0 fully saturated rings. The van der Waals surface area contributed by atoms with Gasteiger partial charge in [0.05, 0.1) is 19.6 Å². The van der Waals surface area contributed by atoms with Gasteiger partial charge in [0.25, 0.3) is 5.91 Å². The predicted octanol–water partition coefficient (Wildman–Crippen LogP) is 5.76. The van der Waals surface area contributed by atoms with Crippen molar-refractivity contribution in [2.24, 2.45) is 0 Å². The fourth-order valence-corrected chi connectivity index (χ4v) is 6.37. The second kappa shape index (κ2) is 12.6. The summed E-state index contributed by atoms with van der Waals surface area (Å²) in [6.07, 6.45) is 6.22. The van der Waals surface area contributed by atoms with Gasteiger partial charge in [-0.15, -0.1) is 0 Å². The molecule has 1 atom stereocenters. The van der Waals surface area contributed by atoms with Crippen molar-refractivity contribution in [3.8, 4) is 5.75 Å². The molecule has 0 spiro atoms. The van der Waals surface area contributed by atoms with Crippen LogP contribution in [0.25, 0.3) is 22.1 Å². The number of halogens is 1. The zero-order valence-corrected chi connectivity index (χ0v) is 25.6. The number of carbonyl (C=O) groups excluding carboxylic acids is 1. The molecule has 1 amide bonds. The summed E-state index contributed by atoms with van der Waals surface area (Å²) >= 11 is 0. The van der Waals surface area contributed by atoms with Crippen LogP contribution in [0.4, 0.5) is 4.39 Å². The number of hydrogen-bond acceptors (Lipinski definition) is 7. The van der Waals surface area contributed by atoms with Crippen LogP contribution in [0.1, 0.15) is 51.4 Å². The fourth-order valence-electron chi connectivity index (χ4n) is 6.37. The fraction of sp³-hybridized carbons (Fsp3) is 0.222. The van der Waals surface area contributed by atoms with Crippen LogP contribution in [-0.2, 0) is 24.2 Å². The van der Waals surface area contributed by atoms with Crippen molar-refractivity contribution in [2.75, 3.05) is 13.7 Å². The number of ether oxygens (including phenoxy) is 1. The molecule has 5 aromatic heterocycles. The maximum absolute atomic E-state index is 14.7. The third-order valence-corrected chi connectivity index (χ3v) is 8.71. The molecule has 1 N–H and O–H groups in total. The minimum absolute atomic E-state index is 0.0470. The van der Waals surface area contributed by atoms with Crippen LogP contribution in [0.15, 0.2) is 91.4 Å². The first-order valence-corrected chi connectivity index (χ1v) is 15.3. The highest BCUT2D eigenvalue weighted by Gasteiger charge is 2.34. The Bertz CT molecular complexity index is 2050. The highest BCUT2D eigenvalue weighted by Crippen LogP contribution is 2.34. The summed E-state index contributed by atoms with van der Waals surface area (Å²) < 4.78 is 21.6. The van der Waals surface area contributed by atoms with Gasteiger partial charge in [-0.2, -0.15) is 0 Å². The Labute approximate surface area is 269 Å². The average Bonchev–Trinajstić information content (AvgIpc) is 3.53. The van der Waals surface area contributed by atoms with Crippen molar-refractivity contribution in [3.63, 3.8) is 0 Å². The quantitative estimate of drug-likeness (QED) is 0.203. The Morgan fingerprint density at radius 2 is 1.55 bits per heavy atom. The van der Waals surface area contributed by atoms with Crippen LogP contribution in [0.5, 0.6) is 5.75 Å². The summed E-state index contributed by atoms with van der Waals surface area (Å²) in [7, 11) is 1.36. The molecule has 1 aliphatic rings. The van der Waals surface area contributed by atoms with E-state index in [9.17, 15) is 19.1 Å². The number of aliphatic carboxylic acids is 1. The lowest BCUT2D eigenvalue weighted by atomic mass is 9.90. The van der Waals surface area contributed by atoms with Gasteiger partial charge in [0.15, 0.2) is 22.9 Å². The molecule has 47 heavy (non-hydrogen) atoms. The first kappa shape index (κ1) is 30.0. The van der Waals surface area contributed by atoms with Crippen molar-refractivity contribution in [3.05, 3.63) is 125 Å². The number of methoxy groups -OCH3 is 1. The molecule has 0 saturated carbocycles. The molecule has 11 heteroatoms. The van der Waals surface area contributed by atoms with E-state index in [0.717, 1.165) is 27.7 Å². The van der Waals surface area contributed by atoms with Gasteiger partial charge in [0.1, 0.15) is 5.69 Å². The molecule has 1 aromatic carbocycles. The summed E-state index contributed by atoms with van der Waals surface area (Å²) in [5.74, 6) is -2.07. The van der Waals surface area contributed by atoms with Crippen molar-refractivity contribution in [2.45, 2.75) is 37.8 Å². The normalized spacial score (nSPS) is 13.7. The molecule has 0 radical (unpaired) electrons. The molecule has 0 bridgehead atoms. The Kier molecular flexibility index (Phi) is 8.03. The van der Waals surface area contributed by atoms with Crippen LogP contribution in [0.2, 0.25) is 0 Å². The van der Waals surface area contributed by atoms with Crippen molar-refractivity contribution < 1.29 is 23.8 Å². The molecule has 6 aromatic rings.